The van der Waals surface area contributed by atoms with Crippen molar-refractivity contribution in [3.63, 3.8) is 0 Å². The normalized spacial score (nSPS) is 17.4. The van der Waals surface area contributed by atoms with E-state index in [-0.39, 0.29) is 6.03 Å². The Morgan fingerprint density at radius 2 is 2.08 bits per heavy atom. The molecule has 7 heteroatoms. The second-order valence-electron chi connectivity index (χ2n) is 5.64. The van der Waals surface area contributed by atoms with Crippen LogP contribution in [0.2, 0.25) is 0 Å². The maximum atomic E-state index is 11.3. The molecule has 2 heterocycles. The molecule has 1 unspecified atom stereocenters. The molecule has 1 saturated heterocycles. The van der Waals surface area contributed by atoms with E-state index in [1.165, 1.54) is 0 Å². The first-order valence-corrected chi connectivity index (χ1v) is 7.94. The second kappa shape index (κ2) is 7.27. The van der Waals surface area contributed by atoms with Crippen LogP contribution in [0.15, 0.2) is 36.5 Å². The van der Waals surface area contributed by atoms with Gasteiger partial charge in [0, 0.05) is 31.0 Å². The predicted octanol–water partition coefficient (Wildman–Crippen LogP) is 2.12. The van der Waals surface area contributed by atoms with Gasteiger partial charge in [0.1, 0.15) is 5.82 Å². The molecule has 0 radical (unpaired) electrons. The molecule has 2 N–H and O–H groups in total. The zero-order chi connectivity index (χ0) is 16.9. The Morgan fingerprint density at radius 1 is 1.29 bits per heavy atom. The van der Waals surface area contributed by atoms with E-state index < -0.39 is 0 Å². The fourth-order valence-electron chi connectivity index (χ4n) is 2.61. The number of ether oxygens (including phenoxy) is 1. The van der Waals surface area contributed by atoms with Crippen LogP contribution in [-0.4, -0.2) is 48.8 Å². The van der Waals surface area contributed by atoms with Gasteiger partial charge in [-0.1, -0.05) is 0 Å². The Morgan fingerprint density at radius 3 is 2.79 bits per heavy atom. The summed E-state index contributed by atoms with van der Waals surface area (Å²) in [6.45, 7) is 4.37. The van der Waals surface area contributed by atoms with Crippen molar-refractivity contribution in [2.75, 3.05) is 37.0 Å². The van der Waals surface area contributed by atoms with Crippen LogP contribution in [0.1, 0.15) is 6.92 Å². The van der Waals surface area contributed by atoms with Gasteiger partial charge in [-0.25, -0.2) is 14.8 Å². The topological polar surface area (TPSA) is 79.4 Å². The van der Waals surface area contributed by atoms with Gasteiger partial charge in [-0.05, 0) is 37.3 Å². The lowest BCUT2D eigenvalue weighted by atomic mass is 10.2. The summed E-state index contributed by atoms with van der Waals surface area (Å²) in [6, 6.07) is 9.42. The molecule has 1 fully saturated rings. The number of rotatable bonds is 3. The van der Waals surface area contributed by atoms with Gasteiger partial charge in [0.15, 0.2) is 5.82 Å². The number of hydrogen-bond acceptors (Lipinski definition) is 5. The Bertz CT molecular complexity index is 704. The number of hydrogen-bond donors (Lipinski definition) is 2. The third-order valence-corrected chi connectivity index (χ3v) is 3.93. The van der Waals surface area contributed by atoms with Crippen LogP contribution in [-0.2, 0) is 4.74 Å². The van der Waals surface area contributed by atoms with Gasteiger partial charge in [0.2, 0.25) is 0 Å². The summed E-state index contributed by atoms with van der Waals surface area (Å²) in [5.41, 5.74) is 1.62. The number of morpholine rings is 1. The summed E-state index contributed by atoms with van der Waals surface area (Å²) >= 11 is 0. The quantitative estimate of drug-likeness (QED) is 0.903. The van der Waals surface area contributed by atoms with Crippen LogP contribution in [0.3, 0.4) is 0 Å². The van der Waals surface area contributed by atoms with Crippen molar-refractivity contribution in [1.82, 2.24) is 15.3 Å². The largest absolute Gasteiger partial charge is 0.377 e. The van der Waals surface area contributed by atoms with Gasteiger partial charge in [-0.2, -0.15) is 0 Å². The molecule has 3 rings (SSSR count). The maximum Gasteiger partial charge on any atom is 0.318 e. The predicted molar refractivity (Wildman–Crippen MR) is 93.2 cm³/mol. The molecule has 0 bridgehead atoms. The average molecular weight is 327 g/mol. The standard InChI is InChI=1S/C17H21N5O2/c1-12-11-24-10-9-22(12)15-7-8-19-16(21-15)13-3-5-14(6-4-13)20-17(23)18-2/h3-8,12H,9-11H2,1-2H3,(H2,18,20,23). The molecule has 126 valence electrons. The number of aromatic nitrogens is 2. The van der Waals surface area contributed by atoms with Gasteiger partial charge in [-0.15, -0.1) is 0 Å². The highest BCUT2D eigenvalue weighted by Crippen LogP contribution is 2.22. The molecule has 1 aromatic carbocycles. The van der Waals surface area contributed by atoms with E-state index in [9.17, 15) is 4.79 Å². The molecule has 1 atom stereocenters. The Balaban J connectivity index is 1.79. The van der Waals surface area contributed by atoms with Crippen LogP contribution in [0.4, 0.5) is 16.3 Å². The molecule has 1 aliphatic heterocycles. The number of nitrogens with zero attached hydrogens (tertiary/aromatic N) is 3. The molecule has 7 nitrogen and oxygen atoms in total. The Kier molecular flexibility index (Phi) is 4.90. The molecule has 0 aliphatic carbocycles. The monoisotopic (exact) mass is 327 g/mol. The van der Waals surface area contributed by atoms with Crippen LogP contribution < -0.4 is 15.5 Å². The number of urea groups is 1. The van der Waals surface area contributed by atoms with Crippen molar-refractivity contribution >= 4 is 17.5 Å². The van der Waals surface area contributed by atoms with E-state index in [1.54, 1.807) is 13.2 Å². The summed E-state index contributed by atoms with van der Waals surface area (Å²) in [7, 11) is 1.58. The highest BCUT2D eigenvalue weighted by atomic mass is 16.5. The summed E-state index contributed by atoms with van der Waals surface area (Å²) in [5, 5.41) is 5.24. The minimum Gasteiger partial charge on any atom is -0.377 e. The minimum absolute atomic E-state index is 0.248. The molecule has 24 heavy (non-hydrogen) atoms. The highest BCUT2D eigenvalue weighted by molar-refractivity contribution is 5.89. The average Bonchev–Trinajstić information content (AvgIpc) is 2.63. The summed E-state index contributed by atoms with van der Waals surface area (Å²) in [6.07, 6.45) is 1.77. The second-order valence-corrected chi connectivity index (χ2v) is 5.64. The van der Waals surface area contributed by atoms with E-state index in [2.05, 4.69) is 32.4 Å². The Labute approximate surface area is 141 Å². The molecule has 0 spiro atoms. The fraction of sp³-hybridized carbons (Fsp3) is 0.353. The molecule has 1 aliphatic rings. The molecule has 0 saturated carbocycles. The van der Waals surface area contributed by atoms with E-state index in [0.717, 1.165) is 23.6 Å². The third-order valence-electron chi connectivity index (χ3n) is 3.93. The minimum atomic E-state index is -0.248. The van der Waals surface area contributed by atoms with Gasteiger partial charge < -0.3 is 20.3 Å². The van der Waals surface area contributed by atoms with Crippen LogP contribution in [0.25, 0.3) is 11.4 Å². The lowest BCUT2D eigenvalue weighted by molar-refractivity contribution is 0.0985. The SMILES string of the molecule is CNC(=O)Nc1ccc(-c2nccc(N3CCOCC3C)n2)cc1. The van der Waals surface area contributed by atoms with Crippen molar-refractivity contribution in [3.8, 4) is 11.4 Å². The number of anilines is 2. The van der Waals surface area contributed by atoms with Gasteiger partial charge >= 0.3 is 6.03 Å². The van der Waals surface area contributed by atoms with Gasteiger partial charge in [0.05, 0.1) is 19.3 Å². The molecule has 2 aromatic rings. The van der Waals surface area contributed by atoms with Crippen LogP contribution in [0.5, 0.6) is 0 Å². The van der Waals surface area contributed by atoms with E-state index in [1.807, 2.05) is 30.3 Å². The zero-order valence-electron chi connectivity index (χ0n) is 13.8. The maximum absolute atomic E-state index is 11.3. The first kappa shape index (κ1) is 16.2. The molecular weight excluding hydrogens is 306 g/mol. The van der Waals surface area contributed by atoms with Crippen LogP contribution >= 0.6 is 0 Å². The van der Waals surface area contributed by atoms with Crippen molar-refractivity contribution in [2.24, 2.45) is 0 Å². The van der Waals surface area contributed by atoms with Crippen molar-refractivity contribution in [2.45, 2.75) is 13.0 Å². The first-order valence-electron chi connectivity index (χ1n) is 7.94. The van der Waals surface area contributed by atoms with Gasteiger partial charge in [-0.3, -0.25) is 0 Å². The smallest absolute Gasteiger partial charge is 0.318 e. The lowest BCUT2D eigenvalue weighted by Crippen LogP contribution is -2.44. The number of nitrogens with one attached hydrogen (secondary N) is 2. The van der Waals surface area contributed by atoms with Crippen molar-refractivity contribution in [3.05, 3.63) is 36.5 Å². The van der Waals surface area contributed by atoms with Gasteiger partial charge in [0.25, 0.3) is 0 Å². The summed E-state index contributed by atoms with van der Waals surface area (Å²) in [5.74, 6) is 1.57. The van der Waals surface area contributed by atoms with Crippen LogP contribution in [0, 0.1) is 0 Å². The molecule has 2 amide bonds. The fourth-order valence-corrected chi connectivity index (χ4v) is 2.61. The number of amides is 2. The summed E-state index contributed by atoms with van der Waals surface area (Å²) < 4.78 is 5.48. The number of benzene rings is 1. The molecular formula is C17H21N5O2. The van der Waals surface area contributed by atoms with Crippen molar-refractivity contribution < 1.29 is 9.53 Å². The molecule has 1 aromatic heterocycles. The van der Waals surface area contributed by atoms with E-state index >= 15 is 0 Å². The van der Waals surface area contributed by atoms with E-state index in [4.69, 9.17) is 4.74 Å². The first-order chi connectivity index (χ1) is 11.7. The van der Waals surface area contributed by atoms with E-state index in [0.29, 0.717) is 25.1 Å². The Hall–Kier alpha value is -2.67. The lowest BCUT2D eigenvalue weighted by Gasteiger charge is -2.34. The summed E-state index contributed by atoms with van der Waals surface area (Å²) in [4.78, 5) is 22.6. The number of carbonyl (C=O) groups is 1. The highest BCUT2D eigenvalue weighted by Gasteiger charge is 2.20. The van der Waals surface area contributed by atoms with Crippen molar-refractivity contribution in [1.29, 1.82) is 0 Å². The zero-order valence-corrected chi connectivity index (χ0v) is 13.8. The third kappa shape index (κ3) is 3.62. The number of carbonyl (C=O) groups excluding carboxylic acids is 1.